The highest BCUT2D eigenvalue weighted by Crippen LogP contribution is 2.39. The molecule has 1 heterocycles. The molecule has 0 saturated heterocycles. The lowest BCUT2D eigenvalue weighted by atomic mass is 10.2. The predicted octanol–water partition coefficient (Wildman–Crippen LogP) is 1.72. The van der Waals surface area contributed by atoms with Crippen molar-refractivity contribution in [3.8, 4) is 0 Å². The number of hydrogen-bond donors (Lipinski definition) is 2. The third kappa shape index (κ3) is 2.13. The Morgan fingerprint density at radius 3 is 2.90 bits per heavy atom. The third-order valence-electron chi connectivity index (χ3n) is 3.66. The highest BCUT2D eigenvalue weighted by atomic mass is 16.4. The number of nitrogens with one attached hydrogen (secondary N) is 1. The summed E-state index contributed by atoms with van der Waals surface area (Å²) in [7, 11) is 0. The van der Waals surface area contributed by atoms with Crippen LogP contribution in [-0.4, -0.2) is 26.8 Å². The van der Waals surface area contributed by atoms with Gasteiger partial charge in [0.25, 0.3) is 0 Å². The van der Waals surface area contributed by atoms with Crippen LogP contribution < -0.4 is 5.32 Å². The first-order chi connectivity index (χ1) is 9.60. The van der Waals surface area contributed by atoms with Crippen molar-refractivity contribution in [2.45, 2.75) is 19.9 Å². The average Bonchev–Trinajstić information content (AvgIpc) is 3.14. The van der Waals surface area contributed by atoms with E-state index in [1.165, 1.54) is 0 Å². The maximum Gasteiger partial charge on any atom is 0.307 e. The molecule has 2 unspecified atom stereocenters. The summed E-state index contributed by atoms with van der Waals surface area (Å²) in [6.07, 6.45) is 2.21. The summed E-state index contributed by atoms with van der Waals surface area (Å²) >= 11 is 0. The van der Waals surface area contributed by atoms with E-state index in [2.05, 4.69) is 10.4 Å². The Bertz CT molecular complexity index is 692. The minimum Gasteiger partial charge on any atom is -0.481 e. The Kier molecular flexibility index (Phi) is 2.93. The molecule has 1 aromatic carbocycles. The van der Waals surface area contributed by atoms with Gasteiger partial charge in [0, 0.05) is 17.6 Å². The summed E-state index contributed by atoms with van der Waals surface area (Å²) in [5.41, 5.74) is 1.63. The lowest BCUT2D eigenvalue weighted by Crippen LogP contribution is -2.16. The minimum absolute atomic E-state index is 0.223. The number of carboxylic acid groups (broad SMARTS) is 1. The number of anilines is 1. The van der Waals surface area contributed by atoms with Crippen LogP contribution in [0.2, 0.25) is 0 Å². The SMILES string of the molecule is CCn1ncc2ccc(NC(=O)C3CC3C(=O)O)cc21. The van der Waals surface area contributed by atoms with Gasteiger partial charge < -0.3 is 10.4 Å². The molecule has 0 radical (unpaired) electrons. The molecule has 1 fully saturated rings. The Morgan fingerprint density at radius 2 is 2.25 bits per heavy atom. The largest absolute Gasteiger partial charge is 0.481 e. The van der Waals surface area contributed by atoms with Crippen LogP contribution in [0.15, 0.2) is 24.4 Å². The molecule has 2 aromatic rings. The number of benzene rings is 1. The van der Waals surface area contributed by atoms with Gasteiger partial charge in [-0.25, -0.2) is 0 Å². The summed E-state index contributed by atoms with van der Waals surface area (Å²) in [6, 6.07) is 5.56. The zero-order valence-corrected chi connectivity index (χ0v) is 11.0. The lowest BCUT2D eigenvalue weighted by Gasteiger charge is -2.05. The Morgan fingerprint density at radius 1 is 1.45 bits per heavy atom. The lowest BCUT2D eigenvalue weighted by molar-refractivity contribution is -0.139. The fourth-order valence-corrected chi connectivity index (χ4v) is 2.39. The van der Waals surface area contributed by atoms with Crippen LogP contribution in [0.4, 0.5) is 5.69 Å². The molecule has 0 spiro atoms. The molecule has 6 nitrogen and oxygen atoms in total. The number of fused-ring (bicyclic) bond motifs is 1. The zero-order valence-electron chi connectivity index (χ0n) is 11.0. The van der Waals surface area contributed by atoms with Crippen LogP contribution in [0.3, 0.4) is 0 Å². The molecule has 20 heavy (non-hydrogen) atoms. The first kappa shape index (κ1) is 12.7. The highest BCUT2D eigenvalue weighted by Gasteiger charge is 2.48. The van der Waals surface area contributed by atoms with Crippen molar-refractivity contribution in [2.75, 3.05) is 5.32 Å². The van der Waals surface area contributed by atoms with Crippen LogP contribution >= 0.6 is 0 Å². The minimum atomic E-state index is -0.898. The number of carboxylic acids is 1. The molecule has 0 bridgehead atoms. The Hall–Kier alpha value is -2.37. The van der Waals surface area contributed by atoms with Gasteiger partial charge in [-0.2, -0.15) is 5.10 Å². The average molecular weight is 273 g/mol. The molecule has 2 atom stereocenters. The Labute approximate surface area is 115 Å². The van der Waals surface area contributed by atoms with Gasteiger partial charge in [-0.1, -0.05) is 0 Å². The second-order valence-electron chi connectivity index (χ2n) is 5.01. The van der Waals surface area contributed by atoms with Gasteiger partial charge in [0.2, 0.25) is 5.91 Å². The number of carbonyl (C=O) groups excluding carboxylic acids is 1. The number of hydrogen-bond acceptors (Lipinski definition) is 3. The van der Waals surface area contributed by atoms with Gasteiger partial charge in [-0.15, -0.1) is 0 Å². The summed E-state index contributed by atoms with van der Waals surface area (Å²) in [4.78, 5) is 22.7. The van der Waals surface area contributed by atoms with E-state index in [-0.39, 0.29) is 5.91 Å². The van der Waals surface area contributed by atoms with Crippen LogP contribution in [0.25, 0.3) is 10.9 Å². The molecule has 0 aliphatic heterocycles. The number of amides is 1. The maximum atomic E-state index is 11.9. The van der Waals surface area contributed by atoms with Gasteiger partial charge >= 0.3 is 5.97 Å². The fourth-order valence-electron chi connectivity index (χ4n) is 2.39. The molecule has 2 N–H and O–H groups in total. The summed E-state index contributed by atoms with van der Waals surface area (Å²) in [5.74, 6) is -2.05. The third-order valence-corrected chi connectivity index (χ3v) is 3.66. The van der Waals surface area contributed by atoms with Gasteiger partial charge in [0.1, 0.15) is 0 Å². The summed E-state index contributed by atoms with van der Waals surface area (Å²) < 4.78 is 1.85. The quantitative estimate of drug-likeness (QED) is 0.888. The first-order valence-corrected chi connectivity index (χ1v) is 6.59. The van der Waals surface area contributed by atoms with Crippen LogP contribution in [-0.2, 0) is 16.1 Å². The highest BCUT2D eigenvalue weighted by molar-refractivity contribution is 5.99. The van der Waals surface area contributed by atoms with Gasteiger partial charge in [0.05, 0.1) is 23.5 Å². The molecule has 1 saturated carbocycles. The van der Waals surface area contributed by atoms with E-state index in [0.29, 0.717) is 12.1 Å². The van der Waals surface area contributed by atoms with Crippen molar-refractivity contribution >= 4 is 28.5 Å². The van der Waals surface area contributed by atoms with E-state index in [9.17, 15) is 9.59 Å². The van der Waals surface area contributed by atoms with Crippen molar-refractivity contribution < 1.29 is 14.7 Å². The zero-order chi connectivity index (χ0) is 14.3. The van der Waals surface area contributed by atoms with E-state index >= 15 is 0 Å². The molecule has 104 valence electrons. The smallest absolute Gasteiger partial charge is 0.307 e. The van der Waals surface area contributed by atoms with Gasteiger partial charge in [-0.3, -0.25) is 14.3 Å². The molecule has 1 aromatic heterocycles. The van der Waals surface area contributed by atoms with E-state index in [1.807, 2.05) is 23.7 Å². The second kappa shape index (κ2) is 4.63. The molecule has 1 amide bonds. The van der Waals surface area contributed by atoms with Gasteiger partial charge in [-0.05, 0) is 31.5 Å². The molecular weight excluding hydrogens is 258 g/mol. The van der Waals surface area contributed by atoms with E-state index in [0.717, 1.165) is 17.4 Å². The second-order valence-corrected chi connectivity index (χ2v) is 5.01. The predicted molar refractivity (Wildman–Crippen MR) is 73.3 cm³/mol. The summed E-state index contributed by atoms with van der Waals surface area (Å²) in [5, 5.41) is 16.9. The van der Waals surface area contributed by atoms with Crippen LogP contribution in [0.5, 0.6) is 0 Å². The van der Waals surface area contributed by atoms with Crippen molar-refractivity contribution in [2.24, 2.45) is 11.8 Å². The standard InChI is InChI=1S/C14H15N3O3/c1-2-17-12-5-9(4-3-8(12)7-15-17)16-13(18)10-6-11(10)14(19)20/h3-5,7,10-11H,2,6H2,1H3,(H,16,18)(H,19,20). The number of nitrogens with zero attached hydrogens (tertiary/aromatic N) is 2. The molecule has 1 aliphatic carbocycles. The number of carbonyl (C=O) groups is 2. The number of aryl methyl sites for hydroxylation is 1. The van der Waals surface area contributed by atoms with E-state index in [1.54, 1.807) is 12.3 Å². The topological polar surface area (TPSA) is 84.2 Å². The van der Waals surface area contributed by atoms with E-state index < -0.39 is 17.8 Å². The monoisotopic (exact) mass is 273 g/mol. The summed E-state index contributed by atoms with van der Waals surface area (Å²) in [6.45, 7) is 2.75. The van der Waals surface area contributed by atoms with Crippen molar-refractivity contribution in [1.82, 2.24) is 9.78 Å². The van der Waals surface area contributed by atoms with Crippen molar-refractivity contribution in [3.05, 3.63) is 24.4 Å². The molecule has 3 rings (SSSR count). The molecular formula is C14H15N3O3. The number of aromatic nitrogens is 2. The van der Waals surface area contributed by atoms with Crippen LogP contribution in [0.1, 0.15) is 13.3 Å². The number of aliphatic carboxylic acids is 1. The molecule has 6 heteroatoms. The molecule has 1 aliphatic rings. The van der Waals surface area contributed by atoms with Gasteiger partial charge in [0.15, 0.2) is 0 Å². The fraction of sp³-hybridized carbons (Fsp3) is 0.357. The van der Waals surface area contributed by atoms with Crippen molar-refractivity contribution in [1.29, 1.82) is 0 Å². The Balaban J connectivity index is 1.78. The maximum absolute atomic E-state index is 11.9. The van der Waals surface area contributed by atoms with E-state index in [4.69, 9.17) is 5.11 Å². The first-order valence-electron chi connectivity index (χ1n) is 6.59. The van der Waals surface area contributed by atoms with Crippen molar-refractivity contribution in [3.63, 3.8) is 0 Å². The van der Waals surface area contributed by atoms with Crippen LogP contribution in [0, 0.1) is 11.8 Å². The number of rotatable bonds is 4. The normalized spacial score (nSPS) is 20.9.